The van der Waals surface area contributed by atoms with Gasteiger partial charge in [0.25, 0.3) is 5.91 Å². The molecule has 168 valence electrons. The lowest BCUT2D eigenvalue weighted by Crippen LogP contribution is -2.49. The number of halogens is 1. The van der Waals surface area contributed by atoms with Crippen molar-refractivity contribution in [1.29, 1.82) is 0 Å². The molecule has 0 radical (unpaired) electrons. The molecule has 1 amide bonds. The van der Waals surface area contributed by atoms with E-state index < -0.39 is 0 Å². The van der Waals surface area contributed by atoms with E-state index in [1.807, 2.05) is 16.2 Å². The molecule has 2 aliphatic rings. The van der Waals surface area contributed by atoms with E-state index >= 15 is 0 Å². The first-order valence-corrected chi connectivity index (χ1v) is 12.3. The van der Waals surface area contributed by atoms with Gasteiger partial charge in [0, 0.05) is 42.5 Å². The summed E-state index contributed by atoms with van der Waals surface area (Å²) in [5, 5.41) is 1.23. The molecule has 1 aliphatic heterocycles. The summed E-state index contributed by atoms with van der Waals surface area (Å²) in [6.45, 7) is 9.22. The third kappa shape index (κ3) is 3.87. The highest BCUT2D eigenvalue weighted by Gasteiger charge is 2.29. The van der Waals surface area contributed by atoms with Crippen LogP contribution in [0, 0.1) is 11.7 Å². The van der Waals surface area contributed by atoms with Crippen LogP contribution in [0.2, 0.25) is 0 Å². The Kier molecular flexibility index (Phi) is 5.61. The number of carbonyl (C=O) groups is 1. The number of amides is 1. The van der Waals surface area contributed by atoms with E-state index in [1.165, 1.54) is 34.4 Å². The number of thiophene rings is 1. The molecule has 2 aromatic heterocycles. The van der Waals surface area contributed by atoms with Gasteiger partial charge < -0.3 is 9.80 Å². The molecule has 0 bridgehead atoms. The van der Waals surface area contributed by atoms with E-state index in [2.05, 4.69) is 25.7 Å². The molecule has 5 nitrogen and oxygen atoms in total. The Bertz CT molecular complexity index is 1170. The van der Waals surface area contributed by atoms with E-state index in [4.69, 9.17) is 9.97 Å². The van der Waals surface area contributed by atoms with Crippen molar-refractivity contribution in [2.24, 2.45) is 5.92 Å². The van der Waals surface area contributed by atoms with Gasteiger partial charge in [-0.15, -0.1) is 11.3 Å². The number of anilines is 1. The lowest BCUT2D eigenvalue weighted by Gasteiger charge is -2.36. The smallest absolute Gasteiger partial charge is 0.254 e. The summed E-state index contributed by atoms with van der Waals surface area (Å²) in [6, 6.07) is 5.95. The number of piperazine rings is 1. The van der Waals surface area contributed by atoms with Gasteiger partial charge in [-0.3, -0.25) is 4.79 Å². The molecule has 1 aliphatic carbocycles. The van der Waals surface area contributed by atoms with Crippen LogP contribution in [0.5, 0.6) is 0 Å². The van der Waals surface area contributed by atoms with Crippen molar-refractivity contribution in [1.82, 2.24) is 14.9 Å². The molecule has 1 atom stereocenters. The van der Waals surface area contributed by atoms with Gasteiger partial charge in [-0.05, 0) is 48.9 Å². The Hall–Kier alpha value is -2.54. The standard InChI is InChI=1S/C25H29FN4OS/c1-15(2)22-27-23(21-19-8-7-16(3)13-20(19)32-24(21)28-22)29-9-11-30(12-10-29)25(31)17-5-4-6-18(26)14-17/h4-6,14-16H,7-13H2,1-3H3. The molecule has 1 unspecified atom stereocenters. The minimum atomic E-state index is -0.379. The Labute approximate surface area is 192 Å². The maximum atomic E-state index is 13.6. The van der Waals surface area contributed by atoms with Crippen molar-refractivity contribution < 1.29 is 9.18 Å². The molecule has 1 aromatic carbocycles. The Balaban J connectivity index is 1.44. The third-order valence-corrected chi connectivity index (χ3v) is 7.76. The van der Waals surface area contributed by atoms with Gasteiger partial charge in [0.15, 0.2) is 0 Å². The van der Waals surface area contributed by atoms with Gasteiger partial charge in [0.05, 0.1) is 5.39 Å². The highest BCUT2D eigenvalue weighted by molar-refractivity contribution is 7.19. The number of nitrogens with zero attached hydrogens (tertiary/aromatic N) is 4. The lowest BCUT2D eigenvalue weighted by atomic mass is 9.89. The maximum absolute atomic E-state index is 13.6. The fraction of sp³-hybridized carbons (Fsp3) is 0.480. The number of carbonyl (C=O) groups excluding carboxylic acids is 1. The second-order valence-electron chi connectivity index (χ2n) is 9.38. The van der Waals surface area contributed by atoms with Crippen LogP contribution in [0.25, 0.3) is 10.2 Å². The Morgan fingerprint density at radius 3 is 2.69 bits per heavy atom. The second-order valence-corrected chi connectivity index (χ2v) is 10.5. The molecular weight excluding hydrogens is 423 g/mol. The first-order chi connectivity index (χ1) is 15.4. The summed E-state index contributed by atoms with van der Waals surface area (Å²) in [4.78, 5) is 29.5. The van der Waals surface area contributed by atoms with Crippen molar-refractivity contribution in [3.8, 4) is 0 Å². The zero-order valence-electron chi connectivity index (χ0n) is 18.9. The van der Waals surface area contributed by atoms with Gasteiger partial charge in [0.2, 0.25) is 0 Å². The summed E-state index contributed by atoms with van der Waals surface area (Å²) in [7, 11) is 0. The quantitative estimate of drug-likeness (QED) is 0.559. The van der Waals surface area contributed by atoms with Crippen LogP contribution < -0.4 is 4.90 Å². The van der Waals surface area contributed by atoms with E-state index in [1.54, 1.807) is 12.1 Å². The van der Waals surface area contributed by atoms with Crippen LogP contribution in [0.4, 0.5) is 10.2 Å². The molecule has 32 heavy (non-hydrogen) atoms. The molecule has 1 fully saturated rings. The molecule has 0 saturated carbocycles. The van der Waals surface area contributed by atoms with Crippen molar-refractivity contribution in [2.75, 3.05) is 31.1 Å². The first kappa shape index (κ1) is 21.3. The van der Waals surface area contributed by atoms with Gasteiger partial charge >= 0.3 is 0 Å². The predicted octanol–water partition coefficient (Wildman–Crippen LogP) is 5.04. The fourth-order valence-electron chi connectivity index (χ4n) is 4.75. The maximum Gasteiger partial charge on any atom is 0.254 e. The largest absolute Gasteiger partial charge is 0.352 e. The van der Waals surface area contributed by atoms with Crippen molar-refractivity contribution in [3.05, 3.63) is 51.9 Å². The molecule has 5 rings (SSSR count). The molecular formula is C25H29FN4OS. The van der Waals surface area contributed by atoms with Crippen LogP contribution in [-0.4, -0.2) is 47.0 Å². The van der Waals surface area contributed by atoms with E-state index in [0.717, 1.165) is 29.3 Å². The first-order valence-electron chi connectivity index (χ1n) is 11.5. The number of rotatable bonds is 3. The van der Waals surface area contributed by atoms with Crippen LogP contribution in [-0.2, 0) is 12.8 Å². The third-order valence-electron chi connectivity index (χ3n) is 6.61. The van der Waals surface area contributed by atoms with Crippen molar-refractivity contribution in [3.63, 3.8) is 0 Å². The van der Waals surface area contributed by atoms with E-state index in [0.29, 0.717) is 37.7 Å². The highest BCUT2D eigenvalue weighted by Crippen LogP contribution is 2.41. The summed E-state index contributed by atoms with van der Waals surface area (Å²) in [6.07, 6.45) is 3.43. The van der Waals surface area contributed by atoms with Gasteiger partial charge in [0.1, 0.15) is 22.3 Å². The van der Waals surface area contributed by atoms with Crippen LogP contribution in [0.1, 0.15) is 59.7 Å². The average molecular weight is 453 g/mol. The normalized spacial score (nSPS) is 19.0. The zero-order valence-corrected chi connectivity index (χ0v) is 19.7. The molecule has 1 saturated heterocycles. The molecule has 3 aromatic rings. The second kappa shape index (κ2) is 8.43. The van der Waals surface area contributed by atoms with Crippen LogP contribution >= 0.6 is 11.3 Å². The minimum Gasteiger partial charge on any atom is -0.352 e. The fourth-order valence-corrected chi connectivity index (χ4v) is 6.14. The summed E-state index contributed by atoms with van der Waals surface area (Å²) in [5.74, 6) is 2.40. The molecule has 3 heterocycles. The Morgan fingerprint density at radius 1 is 1.19 bits per heavy atom. The molecule has 0 spiro atoms. The predicted molar refractivity (Wildman–Crippen MR) is 127 cm³/mol. The Morgan fingerprint density at radius 2 is 1.97 bits per heavy atom. The van der Waals surface area contributed by atoms with Crippen molar-refractivity contribution >= 4 is 33.3 Å². The SMILES string of the molecule is CC1CCc2c(sc3nc(C(C)C)nc(N4CCN(C(=O)c5cccc(F)c5)CC4)c23)C1. The van der Waals surface area contributed by atoms with Crippen molar-refractivity contribution in [2.45, 2.75) is 46.0 Å². The molecule has 7 heteroatoms. The minimum absolute atomic E-state index is 0.109. The summed E-state index contributed by atoms with van der Waals surface area (Å²) in [5.41, 5.74) is 1.85. The summed E-state index contributed by atoms with van der Waals surface area (Å²) < 4.78 is 13.6. The molecule has 0 N–H and O–H groups in total. The number of aryl methyl sites for hydroxylation is 1. The summed E-state index contributed by atoms with van der Waals surface area (Å²) >= 11 is 1.84. The topological polar surface area (TPSA) is 49.3 Å². The number of fused-ring (bicyclic) bond motifs is 3. The van der Waals surface area contributed by atoms with E-state index in [9.17, 15) is 9.18 Å². The van der Waals surface area contributed by atoms with Crippen LogP contribution in [0.15, 0.2) is 24.3 Å². The van der Waals surface area contributed by atoms with E-state index in [-0.39, 0.29) is 17.6 Å². The van der Waals surface area contributed by atoms with Crippen LogP contribution in [0.3, 0.4) is 0 Å². The number of hydrogen-bond donors (Lipinski definition) is 0. The number of aromatic nitrogens is 2. The van der Waals surface area contributed by atoms with Gasteiger partial charge in [-0.25, -0.2) is 14.4 Å². The number of benzene rings is 1. The van der Waals surface area contributed by atoms with Gasteiger partial charge in [-0.2, -0.15) is 0 Å². The average Bonchev–Trinajstić information content (AvgIpc) is 3.15. The lowest BCUT2D eigenvalue weighted by molar-refractivity contribution is 0.0746. The number of hydrogen-bond acceptors (Lipinski definition) is 5. The van der Waals surface area contributed by atoms with Gasteiger partial charge in [-0.1, -0.05) is 26.8 Å². The highest BCUT2D eigenvalue weighted by atomic mass is 32.1. The monoisotopic (exact) mass is 452 g/mol. The zero-order chi connectivity index (χ0) is 22.4.